The fraction of sp³-hybridized carbons (Fsp3) is 0.636. The highest BCUT2D eigenvalue weighted by Gasteiger charge is 2.25. The van der Waals surface area contributed by atoms with Gasteiger partial charge in [-0.25, -0.2) is 4.79 Å². The molecule has 2 heterocycles. The summed E-state index contributed by atoms with van der Waals surface area (Å²) in [5, 5.41) is 7.65. The average molecular weight is 238 g/mol. The number of ether oxygens (including phenoxy) is 1. The van der Waals surface area contributed by atoms with Crippen molar-refractivity contribution >= 4 is 11.9 Å². The highest BCUT2D eigenvalue weighted by molar-refractivity contribution is 5.69. The Labute approximate surface area is 101 Å². The van der Waals surface area contributed by atoms with Crippen molar-refractivity contribution in [2.75, 3.05) is 25.0 Å². The summed E-state index contributed by atoms with van der Waals surface area (Å²) in [6, 6.07) is 0. The molecule has 0 aliphatic carbocycles. The maximum Gasteiger partial charge on any atom is 0.410 e. The number of cyclic esters (lactones) is 1. The third-order valence-corrected chi connectivity index (χ3v) is 2.88. The van der Waals surface area contributed by atoms with E-state index >= 15 is 0 Å². The molecule has 1 saturated heterocycles. The predicted molar refractivity (Wildman–Crippen MR) is 63.9 cm³/mol. The minimum atomic E-state index is -0.240. The Morgan fingerprint density at radius 1 is 1.53 bits per heavy atom. The Morgan fingerprint density at radius 2 is 2.29 bits per heavy atom. The van der Waals surface area contributed by atoms with Gasteiger partial charge in [-0.3, -0.25) is 4.68 Å². The average Bonchev–Trinajstić information content (AvgIpc) is 2.78. The highest BCUT2D eigenvalue weighted by atomic mass is 16.6. The van der Waals surface area contributed by atoms with Crippen LogP contribution in [0.5, 0.6) is 0 Å². The molecule has 1 fully saturated rings. The van der Waals surface area contributed by atoms with E-state index in [1.807, 2.05) is 25.6 Å². The number of carbonyl (C=O) groups excluding carboxylic acids is 1. The second-order valence-corrected chi connectivity index (χ2v) is 4.10. The number of rotatable bonds is 4. The van der Waals surface area contributed by atoms with Gasteiger partial charge in [0.25, 0.3) is 0 Å². The molecule has 0 radical (unpaired) electrons. The van der Waals surface area contributed by atoms with Gasteiger partial charge >= 0.3 is 6.09 Å². The predicted octanol–water partition coefficient (Wildman–Crippen LogP) is 1.11. The minimum Gasteiger partial charge on any atom is -0.448 e. The van der Waals surface area contributed by atoms with Crippen LogP contribution in [0.25, 0.3) is 0 Å². The van der Waals surface area contributed by atoms with Crippen LogP contribution in [0.2, 0.25) is 0 Å². The summed E-state index contributed by atoms with van der Waals surface area (Å²) in [6.07, 6.45) is -0.240. The Balaban J connectivity index is 2.21. The summed E-state index contributed by atoms with van der Waals surface area (Å²) >= 11 is 0. The zero-order chi connectivity index (χ0) is 12.4. The Bertz CT molecular complexity index is 427. The van der Waals surface area contributed by atoms with Gasteiger partial charge in [-0.2, -0.15) is 5.10 Å². The largest absolute Gasteiger partial charge is 0.448 e. The zero-order valence-electron chi connectivity index (χ0n) is 10.5. The van der Waals surface area contributed by atoms with E-state index < -0.39 is 0 Å². The van der Waals surface area contributed by atoms with Crippen molar-refractivity contribution in [3.63, 3.8) is 0 Å². The first-order chi connectivity index (χ1) is 8.13. The number of carbonyl (C=O) groups is 1. The first-order valence-corrected chi connectivity index (χ1v) is 5.81. The fourth-order valence-electron chi connectivity index (χ4n) is 2.04. The molecule has 1 aromatic rings. The maximum atomic E-state index is 11.4. The molecule has 1 aliphatic rings. The first kappa shape index (κ1) is 11.8. The van der Waals surface area contributed by atoms with Gasteiger partial charge in [0.05, 0.1) is 18.8 Å². The Morgan fingerprint density at radius 3 is 2.88 bits per heavy atom. The van der Waals surface area contributed by atoms with Crippen molar-refractivity contribution in [3.8, 4) is 0 Å². The van der Waals surface area contributed by atoms with Crippen LogP contribution < -0.4 is 5.32 Å². The third kappa shape index (κ3) is 2.20. The fourth-order valence-corrected chi connectivity index (χ4v) is 2.04. The standard InChI is InChI=1S/C11H18N4O2/c1-4-12-10-9(8(2)13-14(10)3)7-15-5-6-17-11(15)16/h12H,4-7H2,1-3H3. The van der Waals surface area contributed by atoms with Gasteiger partial charge in [-0.05, 0) is 13.8 Å². The molecule has 0 aromatic carbocycles. The van der Waals surface area contributed by atoms with Crippen LogP contribution in [0.1, 0.15) is 18.2 Å². The number of anilines is 1. The van der Waals surface area contributed by atoms with E-state index in [0.717, 1.165) is 23.6 Å². The van der Waals surface area contributed by atoms with Crippen LogP contribution in [0.4, 0.5) is 10.6 Å². The summed E-state index contributed by atoms with van der Waals surface area (Å²) in [6.45, 7) is 6.51. The second kappa shape index (κ2) is 4.65. The topological polar surface area (TPSA) is 59.4 Å². The number of nitrogens with zero attached hydrogens (tertiary/aromatic N) is 3. The highest BCUT2D eigenvalue weighted by Crippen LogP contribution is 2.22. The molecule has 1 amide bonds. The monoisotopic (exact) mass is 238 g/mol. The van der Waals surface area contributed by atoms with Gasteiger partial charge < -0.3 is 15.0 Å². The number of aromatic nitrogens is 2. The number of amides is 1. The molecule has 1 aliphatic heterocycles. The van der Waals surface area contributed by atoms with Crippen LogP contribution in [-0.4, -0.2) is 40.5 Å². The molecule has 0 bridgehead atoms. The van der Waals surface area contributed by atoms with E-state index in [2.05, 4.69) is 10.4 Å². The van der Waals surface area contributed by atoms with E-state index in [-0.39, 0.29) is 6.09 Å². The van der Waals surface area contributed by atoms with Crippen LogP contribution in [-0.2, 0) is 18.3 Å². The lowest BCUT2D eigenvalue weighted by molar-refractivity contribution is 0.157. The van der Waals surface area contributed by atoms with E-state index in [4.69, 9.17) is 4.74 Å². The third-order valence-electron chi connectivity index (χ3n) is 2.88. The summed E-state index contributed by atoms with van der Waals surface area (Å²) in [4.78, 5) is 13.1. The molecule has 0 saturated carbocycles. The van der Waals surface area contributed by atoms with Crippen molar-refractivity contribution in [2.45, 2.75) is 20.4 Å². The Hall–Kier alpha value is -1.72. The van der Waals surface area contributed by atoms with E-state index in [1.54, 1.807) is 4.90 Å². The van der Waals surface area contributed by atoms with Crippen molar-refractivity contribution in [2.24, 2.45) is 7.05 Å². The first-order valence-electron chi connectivity index (χ1n) is 5.81. The molecule has 17 heavy (non-hydrogen) atoms. The van der Waals surface area contributed by atoms with Crippen LogP contribution >= 0.6 is 0 Å². The van der Waals surface area contributed by atoms with Crippen molar-refractivity contribution in [3.05, 3.63) is 11.3 Å². The molecule has 6 heteroatoms. The number of aryl methyl sites for hydroxylation is 2. The van der Waals surface area contributed by atoms with Gasteiger partial charge in [0.15, 0.2) is 0 Å². The molecular weight excluding hydrogens is 220 g/mol. The van der Waals surface area contributed by atoms with Gasteiger partial charge in [-0.1, -0.05) is 0 Å². The summed E-state index contributed by atoms with van der Waals surface area (Å²) in [5.41, 5.74) is 2.01. The molecule has 6 nitrogen and oxygen atoms in total. The van der Waals surface area contributed by atoms with Crippen molar-refractivity contribution in [1.82, 2.24) is 14.7 Å². The lowest BCUT2D eigenvalue weighted by Crippen LogP contribution is -2.24. The summed E-state index contributed by atoms with van der Waals surface area (Å²) in [7, 11) is 1.90. The molecule has 1 N–H and O–H groups in total. The maximum absolute atomic E-state index is 11.4. The number of hydrogen-bond acceptors (Lipinski definition) is 4. The molecule has 94 valence electrons. The quantitative estimate of drug-likeness (QED) is 0.853. The van der Waals surface area contributed by atoms with Crippen molar-refractivity contribution in [1.29, 1.82) is 0 Å². The van der Waals surface area contributed by atoms with Crippen LogP contribution in [0.3, 0.4) is 0 Å². The molecular formula is C11H18N4O2. The van der Waals surface area contributed by atoms with Crippen LogP contribution in [0.15, 0.2) is 0 Å². The molecule has 1 aromatic heterocycles. The minimum absolute atomic E-state index is 0.240. The van der Waals surface area contributed by atoms with E-state index in [9.17, 15) is 4.79 Å². The SMILES string of the molecule is CCNc1c(CN2CCOC2=O)c(C)nn1C. The smallest absolute Gasteiger partial charge is 0.410 e. The summed E-state index contributed by atoms with van der Waals surface area (Å²) < 4.78 is 6.74. The van der Waals surface area contributed by atoms with Crippen LogP contribution in [0, 0.1) is 6.92 Å². The van der Waals surface area contributed by atoms with E-state index in [1.165, 1.54) is 0 Å². The molecule has 0 unspecified atom stereocenters. The van der Waals surface area contributed by atoms with Crippen molar-refractivity contribution < 1.29 is 9.53 Å². The summed E-state index contributed by atoms with van der Waals surface area (Å²) in [5.74, 6) is 0.977. The Kier molecular flexibility index (Phi) is 3.21. The molecule has 0 atom stereocenters. The second-order valence-electron chi connectivity index (χ2n) is 4.10. The normalized spacial score (nSPS) is 15.2. The zero-order valence-corrected chi connectivity index (χ0v) is 10.5. The van der Waals surface area contributed by atoms with Gasteiger partial charge in [0.2, 0.25) is 0 Å². The lowest BCUT2D eigenvalue weighted by atomic mass is 10.2. The lowest BCUT2D eigenvalue weighted by Gasteiger charge is -2.14. The van der Waals surface area contributed by atoms with E-state index in [0.29, 0.717) is 19.7 Å². The number of hydrogen-bond donors (Lipinski definition) is 1. The van der Waals surface area contributed by atoms with Gasteiger partial charge in [-0.15, -0.1) is 0 Å². The molecule has 0 spiro atoms. The van der Waals surface area contributed by atoms with Gasteiger partial charge in [0, 0.05) is 19.2 Å². The number of nitrogens with one attached hydrogen (secondary N) is 1. The molecule has 2 rings (SSSR count). The van der Waals surface area contributed by atoms with Gasteiger partial charge in [0.1, 0.15) is 12.4 Å².